The molecular weight excluding hydrogens is 293 g/mol. The fourth-order valence-electron chi connectivity index (χ4n) is 0.583. The summed E-state index contributed by atoms with van der Waals surface area (Å²) in [5, 5.41) is -3.67. The second-order valence-corrected chi connectivity index (χ2v) is 3.95. The van der Waals surface area contributed by atoms with Crippen LogP contribution in [0, 0.1) is 0 Å². The van der Waals surface area contributed by atoms with E-state index in [0.29, 0.717) is 10.2 Å². The van der Waals surface area contributed by atoms with E-state index in [1.54, 1.807) is 0 Å². The quantitative estimate of drug-likeness (QED) is 0.614. The summed E-state index contributed by atoms with van der Waals surface area (Å²) in [6.07, 6.45) is 0.625. The molecule has 0 bridgehead atoms. The lowest BCUT2D eigenvalue weighted by Crippen LogP contribution is -2.04. The smallest absolute Gasteiger partial charge is 0.366 e. The van der Waals surface area contributed by atoms with Gasteiger partial charge in [-0.15, -0.1) is 0 Å². The molecule has 74 valence electrons. The highest BCUT2D eigenvalue weighted by Gasteiger charge is 2.32. The molecule has 0 amide bonds. The first-order valence-electron chi connectivity index (χ1n) is 2.74. The van der Waals surface area contributed by atoms with Crippen LogP contribution in [0.5, 0.6) is 0 Å². The minimum atomic E-state index is -3.67. The topological polar surface area (TPSA) is 57.9 Å². The monoisotopic (exact) mass is 293 g/mol. The van der Waals surface area contributed by atoms with Crippen molar-refractivity contribution in [1.82, 2.24) is 8.96 Å². The molecule has 0 aromatic carbocycles. The Morgan fingerprint density at radius 2 is 2.31 bits per heavy atom. The van der Waals surface area contributed by atoms with Crippen molar-refractivity contribution in [3.05, 3.63) is 16.6 Å². The normalized spacial score (nSPS) is 14.5. The van der Waals surface area contributed by atoms with E-state index in [0.717, 1.165) is 0 Å². The van der Waals surface area contributed by atoms with Gasteiger partial charge >= 0.3 is 5.38 Å². The van der Waals surface area contributed by atoms with Gasteiger partial charge in [-0.1, -0.05) is 0 Å². The fraction of sp³-hybridized carbons (Fsp3) is 0.250. The second kappa shape index (κ2) is 3.60. The first-order chi connectivity index (χ1) is 5.82. The van der Waals surface area contributed by atoms with Crippen molar-refractivity contribution in [2.24, 2.45) is 0 Å². The number of imidazole rings is 1. The van der Waals surface area contributed by atoms with Crippen LogP contribution in [0.3, 0.4) is 0 Å². The van der Waals surface area contributed by atoms with Gasteiger partial charge in [0.2, 0.25) is 0 Å². The Hall–Kier alpha value is -0.0500. The molecule has 0 saturated carbocycles. The van der Waals surface area contributed by atoms with Gasteiger partial charge in [0.15, 0.2) is 4.73 Å². The number of aromatic nitrogens is 2. The van der Waals surface area contributed by atoms with Gasteiger partial charge in [-0.25, -0.2) is 4.98 Å². The molecule has 1 unspecified atom stereocenters. The molecule has 0 saturated heterocycles. The van der Waals surface area contributed by atoms with Crippen molar-refractivity contribution < 1.29 is 17.5 Å². The Labute approximate surface area is 87.4 Å². The number of hydrogen-bond acceptors (Lipinski definition) is 3. The molecule has 0 aliphatic rings. The molecule has 4 nitrogen and oxygen atoms in total. The summed E-state index contributed by atoms with van der Waals surface area (Å²) in [5.74, 6) is 0. The van der Waals surface area contributed by atoms with E-state index in [9.17, 15) is 17.5 Å². The molecule has 0 aliphatic carbocycles. The Kier molecular flexibility index (Phi) is 3.05. The predicted molar refractivity (Wildman–Crippen MR) is 44.0 cm³/mol. The van der Waals surface area contributed by atoms with Crippen LogP contribution in [0.4, 0.5) is 8.78 Å². The number of alkyl halides is 3. The van der Waals surface area contributed by atoms with E-state index in [1.807, 2.05) is 0 Å². The van der Waals surface area contributed by atoms with E-state index in [2.05, 4.69) is 32.5 Å². The van der Waals surface area contributed by atoms with E-state index < -0.39 is 22.3 Å². The Bertz CT molecular complexity index is 352. The van der Waals surface area contributed by atoms with Gasteiger partial charge in [-0.05, 0) is 27.5 Å². The van der Waals surface area contributed by atoms with Crippen molar-refractivity contribution in [2.75, 3.05) is 0 Å². The molecule has 0 N–H and O–H groups in total. The lowest BCUT2D eigenvalue weighted by molar-refractivity contribution is 0.0904. The maximum absolute atomic E-state index is 12.4. The van der Waals surface area contributed by atoms with Crippen LogP contribution in [0.15, 0.2) is 10.9 Å². The van der Waals surface area contributed by atoms with E-state index in [-0.39, 0.29) is 4.73 Å². The average molecular weight is 294 g/mol. The average Bonchev–Trinajstić information content (AvgIpc) is 2.29. The van der Waals surface area contributed by atoms with Crippen molar-refractivity contribution in [2.45, 2.75) is 5.38 Å². The standard InChI is InChI=1S/C4H2BrClF2N2O2S/c5-3-9-2(4(6,7)8)1-10(3)13(11)12/h1H,(H,11,12)/p-1. The maximum atomic E-state index is 12.4. The van der Waals surface area contributed by atoms with E-state index in [1.165, 1.54) is 0 Å². The van der Waals surface area contributed by atoms with E-state index >= 15 is 0 Å². The van der Waals surface area contributed by atoms with E-state index in [4.69, 9.17) is 0 Å². The number of rotatable bonds is 2. The lowest BCUT2D eigenvalue weighted by atomic mass is 10.5. The third kappa shape index (κ3) is 2.46. The number of hydrogen-bond donors (Lipinski definition) is 0. The van der Waals surface area contributed by atoms with Crippen molar-refractivity contribution in [3.63, 3.8) is 0 Å². The van der Waals surface area contributed by atoms with Gasteiger partial charge in [0.1, 0.15) is 5.69 Å². The van der Waals surface area contributed by atoms with Gasteiger partial charge in [0, 0.05) is 6.20 Å². The molecule has 1 heterocycles. The molecule has 0 spiro atoms. The SMILES string of the molecule is O=S([O-])n1cc(C(F)(F)Cl)nc1Br. The first kappa shape index (κ1) is 11.0. The summed E-state index contributed by atoms with van der Waals surface area (Å²) in [5.41, 5.74) is -0.828. The highest BCUT2D eigenvalue weighted by Crippen LogP contribution is 2.32. The van der Waals surface area contributed by atoms with Crippen LogP contribution in [0.1, 0.15) is 5.69 Å². The number of halogens is 4. The molecule has 1 aromatic heterocycles. The molecule has 9 heteroatoms. The van der Waals surface area contributed by atoms with Crippen LogP contribution < -0.4 is 0 Å². The summed E-state index contributed by atoms with van der Waals surface area (Å²) in [7, 11) is 0. The second-order valence-electron chi connectivity index (χ2n) is 1.94. The maximum Gasteiger partial charge on any atom is 0.366 e. The lowest BCUT2D eigenvalue weighted by Gasteiger charge is -2.05. The Morgan fingerprint density at radius 3 is 2.54 bits per heavy atom. The summed E-state index contributed by atoms with van der Waals surface area (Å²) in [6, 6.07) is 0. The van der Waals surface area contributed by atoms with Crippen molar-refractivity contribution >= 4 is 38.8 Å². The third-order valence-corrected chi connectivity index (χ3v) is 2.67. The molecule has 1 aromatic rings. The molecule has 0 radical (unpaired) electrons. The molecule has 1 rings (SSSR count). The largest absolute Gasteiger partial charge is 0.755 e. The highest BCUT2D eigenvalue weighted by molar-refractivity contribution is 9.10. The van der Waals surface area contributed by atoms with Gasteiger partial charge in [-0.2, -0.15) is 8.78 Å². The van der Waals surface area contributed by atoms with Gasteiger partial charge in [0.05, 0.1) is 11.3 Å². The van der Waals surface area contributed by atoms with Crippen LogP contribution in [-0.2, 0) is 16.6 Å². The zero-order valence-corrected chi connectivity index (χ0v) is 8.87. The highest BCUT2D eigenvalue weighted by atomic mass is 79.9. The van der Waals surface area contributed by atoms with Crippen LogP contribution in [0.25, 0.3) is 0 Å². The molecular formula is C4HBrClF2N2O2S-. The van der Waals surface area contributed by atoms with Crippen LogP contribution in [-0.4, -0.2) is 17.7 Å². The molecule has 1 atom stereocenters. The predicted octanol–water partition coefficient (Wildman–Crippen LogP) is 1.58. The Balaban J connectivity index is 3.17. The third-order valence-electron chi connectivity index (χ3n) is 1.09. The van der Waals surface area contributed by atoms with Crippen molar-refractivity contribution in [1.29, 1.82) is 0 Å². The van der Waals surface area contributed by atoms with Gasteiger partial charge in [0.25, 0.3) is 0 Å². The minimum absolute atomic E-state index is 0.254. The summed E-state index contributed by atoms with van der Waals surface area (Å²) < 4.78 is 45.7. The minimum Gasteiger partial charge on any atom is -0.755 e. The zero-order valence-electron chi connectivity index (χ0n) is 5.71. The van der Waals surface area contributed by atoms with Crippen molar-refractivity contribution in [3.8, 4) is 0 Å². The van der Waals surface area contributed by atoms with Gasteiger partial charge < -0.3 is 4.55 Å². The summed E-state index contributed by atoms with van der Waals surface area (Å²) >= 11 is 4.61. The molecule has 0 fully saturated rings. The summed E-state index contributed by atoms with van der Waals surface area (Å²) in [6.45, 7) is 0. The molecule has 13 heavy (non-hydrogen) atoms. The Morgan fingerprint density at radius 1 is 1.77 bits per heavy atom. The van der Waals surface area contributed by atoms with Crippen LogP contribution >= 0.6 is 27.5 Å². The van der Waals surface area contributed by atoms with Gasteiger partial charge in [-0.3, -0.25) is 8.18 Å². The zero-order chi connectivity index (χ0) is 10.2. The number of nitrogens with zero attached hydrogens (tertiary/aromatic N) is 2. The molecule has 0 aliphatic heterocycles. The van der Waals surface area contributed by atoms with Crippen LogP contribution in [0.2, 0.25) is 0 Å². The fourth-order valence-corrected chi connectivity index (χ4v) is 1.67. The summed E-state index contributed by atoms with van der Waals surface area (Å²) in [4.78, 5) is 3.21. The first-order valence-corrected chi connectivity index (χ1v) is 4.94.